The average Bonchev–Trinajstić information content (AvgIpc) is 2.42. The molecule has 114 valence electrons. The minimum Gasteiger partial charge on any atom is -0.480 e. The molecule has 1 aromatic rings. The molecule has 0 fully saturated rings. The van der Waals surface area contributed by atoms with Crippen LogP contribution in [0.1, 0.15) is 36.5 Å². The predicted octanol–water partition coefficient (Wildman–Crippen LogP) is 2.11. The number of benzene rings is 1. The number of halogens is 1. The second-order valence-electron chi connectivity index (χ2n) is 4.43. The summed E-state index contributed by atoms with van der Waals surface area (Å²) >= 11 is 0. The van der Waals surface area contributed by atoms with E-state index in [1.165, 1.54) is 0 Å². The van der Waals surface area contributed by atoms with Crippen molar-refractivity contribution >= 4 is 17.6 Å². The number of hydrogen-bond acceptors (Lipinski definition) is 4. The minimum absolute atomic E-state index is 0.166. The number of unbranched alkanes of at least 4 members (excludes halogenated alkanes) is 1. The summed E-state index contributed by atoms with van der Waals surface area (Å²) in [6.07, 6.45) is 1.64. The fourth-order valence-electron chi connectivity index (χ4n) is 1.70. The maximum absolute atomic E-state index is 13.4. The third-order valence-corrected chi connectivity index (χ3v) is 2.86. The summed E-state index contributed by atoms with van der Waals surface area (Å²) in [5, 5.41) is 21.7. The van der Waals surface area contributed by atoms with Gasteiger partial charge in [0.25, 0.3) is 5.91 Å². The zero-order chi connectivity index (χ0) is 16.0. The lowest BCUT2D eigenvalue weighted by atomic mass is 10.1. The first kappa shape index (κ1) is 16.5. The van der Waals surface area contributed by atoms with E-state index in [2.05, 4.69) is 5.32 Å². The first-order valence-electron chi connectivity index (χ1n) is 6.34. The third kappa shape index (κ3) is 4.51. The Hall–Kier alpha value is -2.51. The molecule has 0 aliphatic carbocycles. The van der Waals surface area contributed by atoms with Crippen molar-refractivity contribution in [2.24, 2.45) is 0 Å². The van der Waals surface area contributed by atoms with Crippen LogP contribution in [-0.2, 0) is 4.79 Å². The molecule has 2 N–H and O–H groups in total. The molecule has 0 radical (unpaired) electrons. The zero-order valence-electron chi connectivity index (χ0n) is 11.3. The van der Waals surface area contributed by atoms with Gasteiger partial charge in [-0.25, -0.2) is 4.79 Å². The van der Waals surface area contributed by atoms with Gasteiger partial charge in [-0.15, -0.1) is 0 Å². The lowest BCUT2D eigenvalue weighted by molar-refractivity contribution is -0.387. The molecule has 1 unspecified atom stereocenters. The molecule has 0 heterocycles. The number of carbonyl (C=O) groups is 2. The van der Waals surface area contributed by atoms with Gasteiger partial charge in [0.1, 0.15) is 6.04 Å². The van der Waals surface area contributed by atoms with Gasteiger partial charge in [0, 0.05) is 11.6 Å². The molecule has 1 aromatic carbocycles. The first-order valence-corrected chi connectivity index (χ1v) is 6.34. The Morgan fingerprint density at radius 3 is 2.62 bits per heavy atom. The maximum atomic E-state index is 13.4. The molecule has 0 aliphatic heterocycles. The van der Waals surface area contributed by atoms with Crippen LogP contribution in [0, 0.1) is 15.9 Å². The molecule has 1 rings (SSSR count). The fourth-order valence-corrected chi connectivity index (χ4v) is 1.70. The van der Waals surface area contributed by atoms with Crippen molar-refractivity contribution in [2.45, 2.75) is 32.2 Å². The quantitative estimate of drug-likeness (QED) is 0.591. The predicted molar refractivity (Wildman–Crippen MR) is 71.5 cm³/mol. The normalized spacial score (nSPS) is 11.7. The number of hydrogen-bond donors (Lipinski definition) is 2. The fraction of sp³-hybridized carbons (Fsp3) is 0.385. The highest BCUT2D eigenvalue weighted by Gasteiger charge is 2.22. The minimum atomic E-state index is -1.18. The van der Waals surface area contributed by atoms with Gasteiger partial charge in [0.2, 0.25) is 5.82 Å². The number of carboxylic acids is 1. The van der Waals surface area contributed by atoms with E-state index in [0.717, 1.165) is 18.6 Å². The molecule has 21 heavy (non-hydrogen) atoms. The van der Waals surface area contributed by atoms with Crippen molar-refractivity contribution in [3.63, 3.8) is 0 Å². The second-order valence-corrected chi connectivity index (χ2v) is 4.43. The Labute approximate surface area is 119 Å². The van der Waals surface area contributed by atoms with Gasteiger partial charge in [-0.1, -0.05) is 19.8 Å². The molecular weight excluding hydrogens is 283 g/mol. The third-order valence-electron chi connectivity index (χ3n) is 2.86. The number of carbonyl (C=O) groups excluding carboxylic acids is 1. The smallest absolute Gasteiger partial charge is 0.326 e. The molecule has 0 bridgehead atoms. The molecular formula is C13H15FN2O5. The highest BCUT2D eigenvalue weighted by Crippen LogP contribution is 2.18. The topological polar surface area (TPSA) is 110 Å². The van der Waals surface area contributed by atoms with E-state index >= 15 is 0 Å². The molecule has 0 spiro atoms. The van der Waals surface area contributed by atoms with E-state index in [1.54, 1.807) is 0 Å². The van der Waals surface area contributed by atoms with Gasteiger partial charge >= 0.3 is 11.7 Å². The van der Waals surface area contributed by atoms with E-state index in [4.69, 9.17) is 5.11 Å². The summed E-state index contributed by atoms with van der Waals surface area (Å²) in [5.74, 6) is -3.11. The number of amides is 1. The highest BCUT2D eigenvalue weighted by molar-refractivity contribution is 5.96. The lowest BCUT2D eigenvalue weighted by Gasteiger charge is -2.14. The number of rotatable bonds is 7. The molecule has 8 heteroatoms. The molecule has 7 nitrogen and oxygen atoms in total. The molecule has 0 saturated carbocycles. The largest absolute Gasteiger partial charge is 0.480 e. The number of carboxylic acid groups (broad SMARTS) is 1. The van der Waals surface area contributed by atoms with Crippen LogP contribution >= 0.6 is 0 Å². The standard InChI is InChI=1S/C13H15FN2O5/c1-2-3-4-10(13(18)19)15-12(17)8-5-6-11(16(20)21)9(14)7-8/h5-7,10H,2-4H2,1H3,(H,15,17)(H,18,19). The van der Waals surface area contributed by atoms with Crippen molar-refractivity contribution < 1.29 is 24.0 Å². The monoisotopic (exact) mass is 298 g/mol. The van der Waals surface area contributed by atoms with Crippen LogP contribution in [0.25, 0.3) is 0 Å². The van der Waals surface area contributed by atoms with E-state index in [9.17, 15) is 24.1 Å². The molecule has 1 amide bonds. The Balaban J connectivity index is 2.85. The molecule has 0 aromatic heterocycles. The van der Waals surface area contributed by atoms with Crippen LogP contribution in [0.5, 0.6) is 0 Å². The zero-order valence-corrected chi connectivity index (χ0v) is 11.3. The van der Waals surface area contributed by atoms with Crippen molar-refractivity contribution in [2.75, 3.05) is 0 Å². The van der Waals surface area contributed by atoms with E-state index in [1.807, 2.05) is 6.92 Å². The Bertz CT molecular complexity index is 561. The SMILES string of the molecule is CCCCC(NC(=O)c1ccc([N+](=O)[O-])c(F)c1)C(=O)O. The van der Waals surface area contributed by atoms with Gasteiger partial charge in [-0.2, -0.15) is 4.39 Å². The summed E-state index contributed by atoms with van der Waals surface area (Å²) in [6, 6.07) is 1.59. The van der Waals surface area contributed by atoms with E-state index < -0.39 is 34.3 Å². The van der Waals surface area contributed by atoms with Crippen molar-refractivity contribution in [3.8, 4) is 0 Å². The molecule has 1 atom stereocenters. The van der Waals surface area contributed by atoms with Crippen LogP contribution in [0.3, 0.4) is 0 Å². The number of nitro groups is 1. The average molecular weight is 298 g/mol. The molecule has 0 saturated heterocycles. The van der Waals surface area contributed by atoms with Crippen molar-refractivity contribution in [1.29, 1.82) is 0 Å². The van der Waals surface area contributed by atoms with Crippen LogP contribution < -0.4 is 5.32 Å². The number of nitro benzene ring substituents is 1. The van der Waals surface area contributed by atoms with Crippen LogP contribution in [-0.4, -0.2) is 27.9 Å². The maximum Gasteiger partial charge on any atom is 0.326 e. The van der Waals surface area contributed by atoms with Gasteiger partial charge in [-0.05, 0) is 18.6 Å². The van der Waals surface area contributed by atoms with Gasteiger partial charge in [0.15, 0.2) is 0 Å². The van der Waals surface area contributed by atoms with Gasteiger partial charge < -0.3 is 10.4 Å². The van der Waals surface area contributed by atoms with Gasteiger partial charge in [0.05, 0.1) is 4.92 Å². The second kappa shape index (κ2) is 7.32. The lowest BCUT2D eigenvalue weighted by Crippen LogP contribution is -2.40. The highest BCUT2D eigenvalue weighted by atomic mass is 19.1. The summed E-state index contributed by atoms with van der Waals surface area (Å²) in [4.78, 5) is 32.4. The van der Waals surface area contributed by atoms with Crippen LogP contribution in [0.2, 0.25) is 0 Å². The Morgan fingerprint density at radius 1 is 1.48 bits per heavy atom. The number of aliphatic carboxylic acids is 1. The Morgan fingerprint density at radius 2 is 2.14 bits per heavy atom. The first-order chi connectivity index (χ1) is 9.86. The van der Waals surface area contributed by atoms with Gasteiger partial charge in [-0.3, -0.25) is 14.9 Å². The summed E-state index contributed by atoms with van der Waals surface area (Å²) in [5.41, 5.74) is -0.909. The number of nitrogens with one attached hydrogen (secondary N) is 1. The van der Waals surface area contributed by atoms with Crippen LogP contribution in [0.4, 0.5) is 10.1 Å². The molecule has 0 aliphatic rings. The summed E-state index contributed by atoms with van der Waals surface area (Å²) in [7, 11) is 0. The Kier molecular flexibility index (Phi) is 5.77. The van der Waals surface area contributed by atoms with E-state index in [0.29, 0.717) is 12.5 Å². The van der Waals surface area contributed by atoms with Crippen LogP contribution in [0.15, 0.2) is 18.2 Å². The summed E-state index contributed by atoms with van der Waals surface area (Å²) in [6.45, 7) is 1.88. The van der Waals surface area contributed by atoms with E-state index in [-0.39, 0.29) is 12.0 Å². The number of nitrogens with zero attached hydrogens (tertiary/aromatic N) is 1. The van der Waals surface area contributed by atoms with Crippen molar-refractivity contribution in [1.82, 2.24) is 5.32 Å². The summed E-state index contributed by atoms with van der Waals surface area (Å²) < 4.78 is 13.4. The van der Waals surface area contributed by atoms with Crippen molar-refractivity contribution in [3.05, 3.63) is 39.7 Å².